The Bertz CT molecular complexity index is 986. The molecule has 0 unspecified atom stereocenters. The predicted molar refractivity (Wildman–Crippen MR) is 129 cm³/mol. The molecule has 1 aromatic carbocycles. The zero-order valence-electron chi connectivity index (χ0n) is 19.8. The molecule has 4 aliphatic carbocycles. The number of ether oxygens (including phenoxy) is 2. The van der Waals surface area contributed by atoms with Crippen LogP contribution in [0.2, 0.25) is 0 Å². The third-order valence-electron chi connectivity index (χ3n) is 7.82. The Hall–Kier alpha value is -2.22. The van der Waals surface area contributed by atoms with Crippen LogP contribution in [0.25, 0.3) is 0 Å². The van der Waals surface area contributed by atoms with E-state index in [9.17, 15) is 4.79 Å². The molecular weight excluding hydrogens is 436 g/mol. The molecule has 33 heavy (non-hydrogen) atoms. The van der Waals surface area contributed by atoms with Crippen LogP contribution in [-0.2, 0) is 17.8 Å². The lowest BCUT2D eigenvalue weighted by molar-refractivity contribution is -0.113. The third-order valence-corrected chi connectivity index (χ3v) is 8.79. The van der Waals surface area contributed by atoms with E-state index in [1.165, 1.54) is 50.3 Å². The lowest BCUT2D eigenvalue weighted by Crippen LogP contribution is -2.47. The Morgan fingerprint density at radius 1 is 1.12 bits per heavy atom. The van der Waals surface area contributed by atoms with Crippen LogP contribution in [0.3, 0.4) is 0 Å². The van der Waals surface area contributed by atoms with Crippen molar-refractivity contribution in [1.82, 2.24) is 14.8 Å². The maximum absolute atomic E-state index is 12.7. The van der Waals surface area contributed by atoms with Crippen molar-refractivity contribution >= 4 is 23.4 Å². The molecule has 6 rings (SSSR count). The van der Waals surface area contributed by atoms with Crippen LogP contribution in [0.4, 0.5) is 5.69 Å². The Morgan fingerprint density at radius 3 is 2.42 bits per heavy atom. The molecule has 1 N–H and O–H groups in total. The zero-order chi connectivity index (χ0) is 23.0. The van der Waals surface area contributed by atoms with Crippen molar-refractivity contribution in [3.63, 3.8) is 0 Å². The maximum atomic E-state index is 12.7. The molecule has 4 saturated carbocycles. The number of nitrogens with zero attached hydrogens (tertiary/aromatic N) is 3. The van der Waals surface area contributed by atoms with Crippen LogP contribution in [0.1, 0.15) is 51.3 Å². The van der Waals surface area contributed by atoms with E-state index in [2.05, 4.69) is 27.0 Å². The molecule has 0 aliphatic heterocycles. The van der Waals surface area contributed by atoms with E-state index in [4.69, 9.17) is 9.47 Å². The van der Waals surface area contributed by atoms with Crippen molar-refractivity contribution < 1.29 is 14.3 Å². The summed E-state index contributed by atoms with van der Waals surface area (Å²) >= 11 is 1.44. The van der Waals surface area contributed by atoms with E-state index in [0.717, 1.165) is 41.7 Å². The van der Waals surface area contributed by atoms with Crippen molar-refractivity contribution in [2.75, 3.05) is 25.3 Å². The van der Waals surface area contributed by atoms with Gasteiger partial charge in [-0.25, -0.2) is 0 Å². The van der Waals surface area contributed by atoms with Gasteiger partial charge in [0.25, 0.3) is 0 Å². The molecule has 1 amide bonds. The Balaban J connectivity index is 1.24. The molecule has 7 nitrogen and oxygen atoms in total. The number of hydrogen-bond donors (Lipinski definition) is 1. The summed E-state index contributed by atoms with van der Waals surface area (Å²) < 4.78 is 12.8. The van der Waals surface area contributed by atoms with Gasteiger partial charge in [0.1, 0.15) is 17.3 Å². The van der Waals surface area contributed by atoms with Gasteiger partial charge in [0, 0.05) is 19.0 Å². The SMILES string of the molecule is CCn1c(CC23CC4CC(CC(C4)C2)C3)nnc1SCC(=O)Nc1cc(OC)ccc1OC. The van der Waals surface area contributed by atoms with Gasteiger partial charge in [-0.2, -0.15) is 0 Å². The fourth-order valence-electron chi connectivity index (χ4n) is 6.94. The molecule has 4 aliphatic rings. The van der Waals surface area contributed by atoms with Crippen molar-refractivity contribution in [1.29, 1.82) is 0 Å². The number of carbonyl (C=O) groups excluding carboxylic acids is 1. The lowest BCUT2D eigenvalue weighted by atomic mass is 9.49. The second-order valence-electron chi connectivity index (χ2n) is 10.1. The lowest BCUT2D eigenvalue weighted by Gasteiger charge is -2.56. The first-order valence-corrected chi connectivity index (χ1v) is 13.1. The van der Waals surface area contributed by atoms with Crippen molar-refractivity contribution in [2.45, 2.75) is 63.6 Å². The highest BCUT2D eigenvalue weighted by Crippen LogP contribution is 2.61. The number of methoxy groups -OCH3 is 2. The van der Waals surface area contributed by atoms with Crippen molar-refractivity contribution in [2.24, 2.45) is 23.2 Å². The van der Waals surface area contributed by atoms with Gasteiger partial charge in [-0.3, -0.25) is 4.79 Å². The third kappa shape index (κ3) is 4.59. The molecule has 0 saturated heterocycles. The van der Waals surface area contributed by atoms with Gasteiger partial charge in [-0.1, -0.05) is 11.8 Å². The molecule has 2 aromatic rings. The molecule has 1 heterocycles. The van der Waals surface area contributed by atoms with Gasteiger partial charge in [0.15, 0.2) is 5.16 Å². The van der Waals surface area contributed by atoms with Crippen LogP contribution in [0.5, 0.6) is 11.5 Å². The van der Waals surface area contributed by atoms with Gasteiger partial charge >= 0.3 is 0 Å². The van der Waals surface area contributed by atoms with E-state index >= 15 is 0 Å². The van der Waals surface area contributed by atoms with Gasteiger partial charge in [-0.15, -0.1) is 10.2 Å². The summed E-state index contributed by atoms with van der Waals surface area (Å²) in [7, 11) is 3.18. The number of hydrogen-bond acceptors (Lipinski definition) is 6. The monoisotopic (exact) mass is 470 g/mol. The number of amides is 1. The van der Waals surface area contributed by atoms with E-state index in [1.807, 2.05) is 0 Å². The first-order chi connectivity index (χ1) is 16.0. The molecule has 8 heteroatoms. The smallest absolute Gasteiger partial charge is 0.234 e. The van der Waals surface area contributed by atoms with Crippen molar-refractivity contribution in [3.8, 4) is 11.5 Å². The summed E-state index contributed by atoms with van der Waals surface area (Å²) in [5.74, 6) is 5.30. The van der Waals surface area contributed by atoms with E-state index < -0.39 is 0 Å². The van der Waals surface area contributed by atoms with Crippen LogP contribution in [0.15, 0.2) is 23.4 Å². The molecule has 1 aromatic heterocycles. The summed E-state index contributed by atoms with van der Waals surface area (Å²) in [5.41, 5.74) is 1.03. The fourth-order valence-corrected chi connectivity index (χ4v) is 7.77. The number of rotatable bonds is 9. The van der Waals surface area contributed by atoms with E-state index in [0.29, 0.717) is 22.6 Å². The van der Waals surface area contributed by atoms with Crippen LogP contribution < -0.4 is 14.8 Å². The first-order valence-electron chi connectivity index (χ1n) is 12.1. The number of aromatic nitrogens is 3. The highest BCUT2D eigenvalue weighted by molar-refractivity contribution is 7.99. The first kappa shape index (κ1) is 22.6. The van der Waals surface area contributed by atoms with Crippen LogP contribution in [0, 0.1) is 23.2 Å². The molecule has 4 fully saturated rings. The predicted octanol–water partition coefficient (Wildman–Crippen LogP) is 4.80. The highest BCUT2D eigenvalue weighted by Gasteiger charge is 2.51. The molecule has 0 spiro atoms. The quantitative estimate of drug-likeness (QED) is 0.530. The molecule has 0 radical (unpaired) electrons. The van der Waals surface area contributed by atoms with Crippen molar-refractivity contribution in [3.05, 3.63) is 24.0 Å². The van der Waals surface area contributed by atoms with Gasteiger partial charge in [-0.05, 0) is 80.8 Å². The normalized spacial score (nSPS) is 27.5. The minimum absolute atomic E-state index is 0.111. The number of carbonyl (C=O) groups is 1. The second kappa shape index (κ2) is 9.20. The minimum Gasteiger partial charge on any atom is -0.497 e. The number of anilines is 1. The van der Waals surface area contributed by atoms with Crippen LogP contribution in [-0.4, -0.2) is 40.6 Å². The molecule has 0 atom stereocenters. The minimum atomic E-state index is -0.111. The highest BCUT2D eigenvalue weighted by atomic mass is 32.2. The summed E-state index contributed by atoms with van der Waals surface area (Å²) in [6, 6.07) is 5.35. The van der Waals surface area contributed by atoms with E-state index in [-0.39, 0.29) is 11.7 Å². The largest absolute Gasteiger partial charge is 0.497 e. The maximum Gasteiger partial charge on any atom is 0.234 e. The number of nitrogens with one attached hydrogen (secondary N) is 1. The van der Waals surface area contributed by atoms with Gasteiger partial charge in [0.2, 0.25) is 5.91 Å². The van der Waals surface area contributed by atoms with E-state index in [1.54, 1.807) is 32.4 Å². The Labute approximate surface area is 200 Å². The molecule has 4 bridgehead atoms. The summed E-state index contributed by atoms with van der Waals surface area (Å²) in [5, 5.41) is 12.8. The molecule has 178 valence electrons. The second-order valence-corrected chi connectivity index (χ2v) is 11.1. The van der Waals surface area contributed by atoms with Gasteiger partial charge < -0.3 is 19.4 Å². The molecular formula is C25H34N4O3S. The summed E-state index contributed by atoms with van der Waals surface area (Å²) in [6.07, 6.45) is 9.48. The summed E-state index contributed by atoms with van der Waals surface area (Å²) in [6.45, 7) is 2.96. The van der Waals surface area contributed by atoms with Crippen LogP contribution >= 0.6 is 11.8 Å². The Morgan fingerprint density at radius 2 is 1.82 bits per heavy atom. The number of thioether (sulfide) groups is 1. The Kier molecular flexibility index (Phi) is 6.29. The summed E-state index contributed by atoms with van der Waals surface area (Å²) in [4.78, 5) is 12.7. The zero-order valence-corrected chi connectivity index (χ0v) is 20.6. The average Bonchev–Trinajstić information content (AvgIpc) is 3.17. The fraction of sp³-hybridized carbons (Fsp3) is 0.640. The standard InChI is InChI=1S/C25H34N4O3S/c1-4-29-22(14-25-11-16-7-17(12-25)9-18(8-16)13-25)27-28-24(29)33-15-23(30)26-20-10-19(31-2)5-6-21(20)32-3/h5-6,10,16-18H,4,7-9,11-15H2,1-3H3,(H,26,30). The average molecular weight is 471 g/mol. The number of benzene rings is 1. The topological polar surface area (TPSA) is 78.3 Å². The van der Waals surface area contributed by atoms with Gasteiger partial charge in [0.05, 0.1) is 25.7 Å².